The molecule has 1 aliphatic rings. The lowest BCUT2D eigenvalue weighted by atomic mass is 9.75. The lowest BCUT2D eigenvalue weighted by Crippen LogP contribution is -2.41. The van der Waals surface area contributed by atoms with E-state index in [0.29, 0.717) is 24.2 Å². The maximum Gasteiger partial charge on any atom is 0.251 e. The monoisotopic (exact) mass is 315 g/mol. The van der Waals surface area contributed by atoms with E-state index in [1.165, 1.54) is 0 Å². The molecule has 23 heavy (non-hydrogen) atoms. The molecule has 1 saturated carbocycles. The number of carbonyl (C=O) groups excluding carboxylic acids is 1. The summed E-state index contributed by atoms with van der Waals surface area (Å²) in [7, 11) is 3.61. The summed E-state index contributed by atoms with van der Waals surface area (Å²) in [5.74, 6) is 0.720. The van der Waals surface area contributed by atoms with Crippen LogP contribution < -0.4 is 10.6 Å². The summed E-state index contributed by atoms with van der Waals surface area (Å²) in [5.41, 5.74) is 1.51. The molecule has 2 heterocycles. The molecule has 1 unspecified atom stereocenters. The van der Waals surface area contributed by atoms with Gasteiger partial charge in [-0.1, -0.05) is 0 Å². The molecular weight excluding hydrogens is 294 g/mol. The Morgan fingerprint density at radius 2 is 2.26 bits per heavy atom. The van der Waals surface area contributed by atoms with Crippen LogP contribution in [0.2, 0.25) is 0 Å². The van der Waals surface area contributed by atoms with E-state index in [2.05, 4.69) is 20.7 Å². The molecule has 0 bridgehead atoms. The molecule has 3 N–H and O–H groups in total. The Labute approximate surface area is 134 Å². The van der Waals surface area contributed by atoms with E-state index in [0.717, 1.165) is 5.56 Å². The first-order valence-corrected chi connectivity index (χ1v) is 7.68. The van der Waals surface area contributed by atoms with Crippen LogP contribution in [0.4, 0.5) is 5.82 Å². The summed E-state index contributed by atoms with van der Waals surface area (Å²) in [5, 5.41) is 19.8. The second-order valence-corrected chi connectivity index (χ2v) is 5.96. The topological polar surface area (TPSA) is 92.1 Å². The number of aliphatic hydroxyl groups excluding tert-OH is 1. The number of carbonyl (C=O) groups is 1. The highest BCUT2D eigenvalue weighted by Crippen LogP contribution is 2.38. The second-order valence-electron chi connectivity index (χ2n) is 5.96. The van der Waals surface area contributed by atoms with E-state index in [1.807, 2.05) is 13.2 Å². The first-order valence-electron chi connectivity index (χ1n) is 7.68. The molecule has 0 spiro atoms. The fraction of sp³-hybridized carbons (Fsp3) is 0.438. The Bertz CT molecular complexity index is 693. The summed E-state index contributed by atoms with van der Waals surface area (Å²) in [4.78, 5) is 16.7. The average Bonchev–Trinajstić information content (AvgIpc) is 2.96. The van der Waals surface area contributed by atoms with Crippen molar-refractivity contribution in [1.29, 1.82) is 0 Å². The highest BCUT2D eigenvalue weighted by Gasteiger charge is 2.36. The minimum absolute atomic E-state index is 0.147. The number of hydrogen-bond acceptors (Lipinski definition) is 5. The number of amides is 1. The summed E-state index contributed by atoms with van der Waals surface area (Å²) < 4.78 is 1.72. The van der Waals surface area contributed by atoms with Crippen LogP contribution in [0.1, 0.15) is 34.8 Å². The number of nitrogens with zero attached hydrogens (tertiary/aromatic N) is 3. The average molecular weight is 315 g/mol. The number of pyridine rings is 1. The molecular formula is C16H21N5O2. The molecule has 1 fully saturated rings. The highest BCUT2D eigenvalue weighted by molar-refractivity contribution is 5.95. The zero-order valence-electron chi connectivity index (χ0n) is 13.2. The van der Waals surface area contributed by atoms with Crippen LogP contribution in [0.3, 0.4) is 0 Å². The van der Waals surface area contributed by atoms with Crippen LogP contribution >= 0.6 is 0 Å². The van der Waals surface area contributed by atoms with Crippen LogP contribution in [0.5, 0.6) is 0 Å². The van der Waals surface area contributed by atoms with Gasteiger partial charge in [0.25, 0.3) is 5.91 Å². The van der Waals surface area contributed by atoms with Gasteiger partial charge in [-0.15, -0.1) is 0 Å². The molecule has 1 atom stereocenters. The van der Waals surface area contributed by atoms with Crippen molar-refractivity contribution in [3.05, 3.63) is 41.9 Å². The van der Waals surface area contributed by atoms with Gasteiger partial charge < -0.3 is 15.7 Å². The van der Waals surface area contributed by atoms with Crippen molar-refractivity contribution in [2.24, 2.45) is 13.0 Å². The van der Waals surface area contributed by atoms with Gasteiger partial charge in [0.15, 0.2) is 0 Å². The van der Waals surface area contributed by atoms with Crippen molar-refractivity contribution in [2.75, 3.05) is 12.4 Å². The van der Waals surface area contributed by atoms with Crippen LogP contribution in [0.15, 0.2) is 30.7 Å². The van der Waals surface area contributed by atoms with Crippen LogP contribution in [-0.4, -0.2) is 38.9 Å². The minimum Gasteiger partial charge on any atom is -0.393 e. The standard InChI is InChI=1S/C16H21N5O2/c1-17-14-7-10(3-4-18-14)16(23)20-15(11-5-13(22)6-11)12-8-19-21(2)9-12/h3-4,7-9,11,13,15,22H,5-6H2,1-2H3,(H,17,18)(H,20,23). The lowest BCUT2D eigenvalue weighted by Gasteiger charge is -2.37. The number of aromatic nitrogens is 3. The smallest absolute Gasteiger partial charge is 0.251 e. The lowest BCUT2D eigenvalue weighted by molar-refractivity contribution is 0.0235. The van der Waals surface area contributed by atoms with Crippen molar-refractivity contribution >= 4 is 11.7 Å². The predicted octanol–water partition coefficient (Wildman–Crippen LogP) is 1.10. The molecule has 7 nitrogen and oxygen atoms in total. The van der Waals surface area contributed by atoms with Crippen molar-refractivity contribution < 1.29 is 9.90 Å². The van der Waals surface area contributed by atoms with Crippen LogP contribution in [0.25, 0.3) is 0 Å². The summed E-state index contributed by atoms with van der Waals surface area (Å²) in [6.07, 6.45) is 6.39. The maximum atomic E-state index is 12.6. The Kier molecular flexibility index (Phi) is 4.29. The third-order valence-electron chi connectivity index (χ3n) is 4.27. The van der Waals surface area contributed by atoms with E-state index in [9.17, 15) is 9.90 Å². The summed E-state index contributed by atoms with van der Waals surface area (Å²) in [6, 6.07) is 3.25. The molecule has 0 aromatic carbocycles. The predicted molar refractivity (Wildman–Crippen MR) is 85.9 cm³/mol. The fourth-order valence-electron chi connectivity index (χ4n) is 2.91. The van der Waals surface area contributed by atoms with E-state index < -0.39 is 0 Å². The first kappa shape index (κ1) is 15.5. The van der Waals surface area contributed by atoms with E-state index in [-0.39, 0.29) is 24.0 Å². The Hall–Kier alpha value is -2.41. The van der Waals surface area contributed by atoms with Crippen LogP contribution in [-0.2, 0) is 7.05 Å². The fourth-order valence-corrected chi connectivity index (χ4v) is 2.91. The molecule has 2 aromatic rings. The Morgan fingerprint density at radius 3 is 2.87 bits per heavy atom. The Morgan fingerprint density at radius 1 is 1.48 bits per heavy atom. The van der Waals surface area contributed by atoms with Gasteiger partial charge in [-0.3, -0.25) is 9.48 Å². The van der Waals surface area contributed by atoms with Gasteiger partial charge in [0.1, 0.15) is 5.82 Å². The quantitative estimate of drug-likeness (QED) is 0.768. The zero-order chi connectivity index (χ0) is 16.4. The van der Waals surface area contributed by atoms with Crippen molar-refractivity contribution in [2.45, 2.75) is 25.0 Å². The van der Waals surface area contributed by atoms with Gasteiger partial charge in [-0.2, -0.15) is 5.10 Å². The molecule has 1 amide bonds. The van der Waals surface area contributed by atoms with Gasteiger partial charge in [-0.05, 0) is 30.9 Å². The first-order chi connectivity index (χ1) is 11.1. The molecule has 0 saturated heterocycles. The van der Waals surface area contributed by atoms with E-state index in [1.54, 1.807) is 36.3 Å². The van der Waals surface area contributed by atoms with Gasteiger partial charge >= 0.3 is 0 Å². The normalized spacial score (nSPS) is 21.3. The molecule has 2 aromatic heterocycles. The molecule has 1 aliphatic carbocycles. The molecule has 0 aliphatic heterocycles. The molecule has 3 rings (SSSR count). The van der Waals surface area contributed by atoms with Gasteiger partial charge in [0, 0.05) is 37.6 Å². The van der Waals surface area contributed by atoms with E-state index >= 15 is 0 Å². The maximum absolute atomic E-state index is 12.6. The molecule has 7 heteroatoms. The van der Waals surface area contributed by atoms with Crippen LogP contribution in [0, 0.1) is 5.92 Å². The van der Waals surface area contributed by atoms with Gasteiger partial charge in [-0.25, -0.2) is 4.98 Å². The van der Waals surface area contributed by atoms with Crippen molar-refractivity contribution in [3.63, 3.8) is 0 Å². The minimum atomic E-state index is -0.270. The molecule has 122 valence electrons. The van der Waals surface area contributed by atoms with Gasteiger partial charge in [0.2, 0.25) is 0 Å². The largest absolute Gasteiger partial charge is 0.393 e. The number of anilines is 1. The molecule has 0 radical (unpaired) electrons. The summed E-state index contributed by atoms with van der Waals surface area (Å²) in [6.45, 7) is 0. The third kappa shape index (κ3) is 3.34. The van der Waals surface area contributed by atoms with E-state index in [4.69, 9.17) is 0 Å². The second kappa shape index (κ2) is 6.37. The summed E-state index contributed by atoms with van der Waals surface area (Å²) >= 11 is 0. The number of rotatable bonds is 5. The van der Waals surface area contributed by atoms with Crippen molar-refractivity contribution in [1.82, 2.24) is 20.1 Å². The SMILES string of the molecule is CNc1cc(C(=O)NC(c2cnn(C)c2)C2CC(O)C2)ccn1. The third-order valence-corrected chi connectivity index (χ3v) is 4.27. The van der Waals surface area contributed by atoms with Gasteiger partial charge in [0.05, 0.1) is 18.3 Å². The van der Waals surface area contributed by atoms with Crippen molar-refractivity contribution in [3.8, 4) is 0 Å². The number of aryl methyl sites for hydroxylation is 1. The number of hydrogen-bond donors (Lipinski definition) is 3. The number of nitrogens with one attached hydrogen (secondary N) is 2. The highest BCUT2D eigenvalue weighted by atomic mass is 16.3. The number of aliphatic hydroxyl groups is 1. The Balaban J connectivity index is 1.78. The zero-order valence-corrected chi connectivity index (χ0v) is 13.2.